The molecule has 0 radical (unpaired) electrons. The van der Waals surface area contributed by atoms with Crippen LogP contribution in [0.25, 0.3) is 0 Å². The Morgan fingerprint density at radius 2 is 0.632 bits per heavy atom. The molecule has 0 rings (SSSR count). The van der Waals surface area contributed by atoms with Crippen LogP contribution in [-0.2, 0) is 28.6 Å². The summed E-state index contributed by atoms with van der Waals surface area (Å²) in [7, 11) is 0. The van der Waals surface area contributed by atoms with E-state index in [9.17, 15) is 14.4 Å². The molecule has 0 fully saturated rings. The Hall–Kier alpha value is -2.11. The second kappa shape index (κ2) is 46.6. The molecule has 0 aliphatic heterocycles. The van der Waals surface area contributed by atoms with Crippen LogP contribution in [0.2, 0.25) is 0 Å². The third kappa shape index (κ3) is 44.8. The molecule has 0 bridgehead atoms. The maximum Gasteiger partial charge on any atom is 0.306 e. The molecule has 57 heavy (non-hydrogen) atoms. The molecular formula is C51H94O6. The molecule has 0 N–H and O–H groups in total. The Morgan fingerprint density at radius 3 is 1.00 bits per heavy atom. The predicted molar refractivity (Wildman–Crippen MR) is 243 cm³/mol. The third-order valence-corrected chi connectivity index (χ3v) is 11.0. The van der Waals surface area contributed by atoms with E-state index < -0.39 is 6.10 Å². The lowest BCUT2D eigenvalue weighted by Gasteiger charge is -2.18. The Balaban J connectivity index is 4.31. The van der Waals surface area contributed by atoms with Crippen LogP contribution in [0.3, 0.4) is 0 Å². The van der Waals surface area contributed by atoms with E-state index in [0.29, 0.717) is 19.3 Å². The summed E-state index contributed by atoms with van der Waals surface area (Å²) in [6.45, 7) is 6.61. The Bertz CT molecular complexity index is 927. The molecule has 0 aliphatic carbocycles. The standard InChI is InChI=1S/C51H94O6/c1-4-7-10-13-16-19-22-24-25-26-27-28-30-32-35-38-41-44-50(53)56-47-48(46-55-49(52)43-40-37-34-31-21-18-15-12-9-6-3)57-51(54)45-42-39-36-33-29-23-20-17-14-11-8-5-2/h16,19,24-25,48H,4-15,17-18,20-23,26-47H2,1-3H3/b19-16-,25-24-. The number of esters is 3. The van der Waals surface area contributed by atoms with E-state index in [4.69, 9.17) is 14.2 Å². The lowest BCUT2D eigenvalue weighted by molar-refractivity contribution is -0.167. The van der Waals surface area contributed by atoms with Gasteiger partial charge in [0.2, 0.25) is 0 Å². The molecule has 1 unspecified atom stereocenters. The van der Waals surface area contributed by atoms with Crippen LogP contribution in [0.1, 0.15) is 265 Å². The topological polar surface area (TPSA) is 78.9 Å². The van der Waals surface area contributed by atoms with E-state index in [0.717, 1.165) is 70.6 Å². The lowest BCUT2D eigenvalue weighted by atomic mass is 10.0. The molecule has 6 heteroatoms. The largest absolute Gasteiger partial charge is 0.462 e. The Kier molecular flexibility index (Phi) is 44.9. The number of hydrogen-bond donors (Lipinski definition) is 0. The van der Waals surface area contributed by atoms with Crippen LogP contribution >= 0.6 is 0 Å². The number of carbonyl (C=O) groups is 3. The normalized spacial score (nSPS) is 12.1. The third-order valence-electron chi connectivity index (χ3n) is 11.0. The first-order chi connectivity index (χ1) is 28.0. The van der Waals surface area contributed by atoms with Crippen LogP contribution in [-0.4, -0.2) is 37.2 Å². The zero-order valence-corrected chi connectivity index (χ0v) is 38.1. The van der Waals surface area contributed by atoms with Gasteiger partial charge in [0.25, 0.3) is 0 Å². The SMILES string of the molecule is CCCCC/C=C\C/C=C\CCCCCCCCCC(=O)OCC(COC(=O)CCCCCCCCCCCC)OC(=O)CCCCCCCCCCCCCC. The molecule has 0 amide bonds. The highest BCUT2D eigenvalue weighted by atomic mass is 16.6. The molecule has 334 valence electrons. The van der Waals surface area contributed by atoms with Crippen molar-refractivity contribution in [3.05, 3.63) is 24.3 Å². The van der Waals surface area contributed by atoms with Crippen LogP contribution in [0.5, 0.6) is 0 Å². The number of hydrogen-bond acceptors (Lipinski definition) is 6. The minimum atomic E-state index is -0.766. The summed E-state index contributed by atoms with van der Waals surface area (Å²) in [6.07, 6.45) is 51.5. The van der Waals surface area contributed by atoms with E-state index in [1.807, 2.05) is 0 Å². The van der Waals surface area contributed by atoms with Crippen molar-refractivity contribution < 1.29 is 28.6 Å². The summed E-state index contributed by atoms with van der Waals surface area (Å²) in [6, 6.07) is 0. The summed E-state index contributed by atoms with van der Waals surface area (Å²) in [5.74, 6) is -0.869. The fraction of sp³-hybridized carbons (Fsp3) is 0.863. The Labute approximate surface area is 353 Å². The maximum absolute atomic E-state index is 12.7. The summed E-state index contributed by atoms with van der Waals surface area (Å²) in [4.78, 5) is 37.8. The van der Waals surface area contributed by atoms with E-state index >= 15 is 0 Å². The van der Waals surface area contributed by atoms with E-state index in [1.54, 1.807) is 0 Å². The Morgan fingerprint density at radius 1 is 0.351 bits per heavy atom. The van der Waals surface area contributed by atoms with Gasteiger partial charge in [0.05, 0.1) is 0 Å². The molecular weight excluding hydrogens is 709 g/mol. The van der Waals surface area contributed by atoms with Crippen molar-refractivity contribution in [1.29, 1.82) is 0 Å². The van der Waals surface area contributed by atoms with Gasteiger partial charge in [-0.1, -0.05) is 218 Å². The van der Waals surface area contributed by atoms with Crippen LogP contribution < -0.4 is 0 Å². The summed E-state index contributed by atoms with van der Waals surface area (Å²) < 4.78 is 16.7. The van der Waals surface area contributed by atoms with E-state index in [2.05, 4.69) is 45.1 Å². The van der Waals surface area contributed by atoms with Gasteiger partial charge in [-0.25, -0.2) is 0 Å². The van der Waals surface area contributed by atoms with Gasteiger partial charge >= 0.3 is 17.9 Å². The van der Waals surface area contributed by atoms with Crippen LogP contribution in [0.4, 0.5) is 0 Å². The van der Waals surface area contributed by atoms with Crippen molar-refractivity contribution in [3.8, 4) is 0 Å². The van der Waals surface area contributed by atoms with Crippen molar-refractivity contribution in [2.45, 2.75) is 271 Å². The molecule has 0 saturated carbocycles. The van der Waals surface area contributed by atoms with Gasteiger partial charge in [-0.2, -0.15) is 0 Å². The van der Waals surface area contributed by atoms with Crippen LogP contribution in [0.15, 0.2) is 24.3 Å². The maximum atomic E-state index is 12.7. The average molecular weight is 803 g/mol. The quantitative estimate of drug-likeness (QED) is 0.0264. The molecule has 0 heterocycles. The van der Waals surface area contributed by atoms with E-state index in [1.165, 1.54) is 154 Å². The minimum Gasteiger partial charge on any atom is -0.462 e. The first kappa shape index (κ1) is 54.9. The van der Waals surface area contributed by atoms with Crippen molar-refractivity contribution in [2.24, 2.45) is 0 Å². The average Bonchev–Trinajstić information content (AvgIpc) is 3.21. The molecule has 0 aromatic carbocycles. The van der Waals surface area contributed by atoms with Crippen molar-refractivity contribution >= 4 is 17.9 Å². The van der Waals surface area contributed by atoms with Gasteiger partial charge in [0.1, 0.15) is 13.2 Å². The van der Waals surface area contributed by atoms with E-state index in [-0.39, 0.29) is 31.1 Å². The number of allylic oxidation sites excluding steroid dienone is 4. The highest BCUT2D eigenvalue weighted by Gasteiger charge is 2.19. The first-order valence-electron chi connectivity index (χ1n) is 24.8. The van der Waals surface area contributed by atoms with Crippen molar-refractivity contribution in [3.63, 3.8) is 0 Å². The second-order valence-electron chi connectivity index (χ2n) is 16.7. The smallest absolute Gasteiger partial charge is 0.306 e. The van der Waals surface area contributed by atoms with Crippen molar-refractivity contribution in [1.82, 2.24) is 0 Å². The van der Waals surface area contributed by atoms with Gasteiger partial charge in [0, 0.05) is 19.3 Å². The molecule has 0 aromatic heterocycles. The summed E-state index contributed by atoms with van der Waals surface area (Å²) in [5.41, 5.74) is 0. The first-order valence-corrected chi connectivity index (χ1v) is 24.8. The molecule has 6 nitrogen and oxygen atoms in total. The minimum absolute atomic E-state index is 0.0694. The van der Waals surface area contributed by atoms with Gasteiger partial charge in [0.15, 0.2) is 6.10 Å². The molecule has 0 aromatic rings. The second-order valence-corrected chi connectivity index (χ2v) is 16.7. The van der Waals surface area contributed by atoms with Gasteiger partial charge < -0.3 is 14.2 Å². The summed E-state index contributed by atoms with van der Waals surface area (Å²) >= 11 is 0. The summed E-state index contributed by atoms with van der Waals surface area (Å²) in [5, 5.41) is 0. The number of carbonyl (C=O) groups excluding carboxylic acids is 3. The monoisotopic (exact) mass is 803 g/mol. The highest BCUT2D eigenvalue weighted by molar-refractivity contribution is 5.71. The fourth-order valence-corrected chi connectivity index (χ4v) is 7.18. The fourth-order valence-electron chi connectivity index (χ4n) is 7.18. The number of unbranched alkanes of at least 4 members (excludes halogenated alkanes) is 30. The van der Waals surface area contributed by atoms with Gasteiger partial charge in [-0.3, -0.25) is 14.4 Å². The zero-order valence-electron chi connectivity index (χ0n) is 38.1. The molecule has 0 spiro atoms. The molecule has 1 atom stereocenters. The molecule has 0 aliphatic rings. The predicted octanol–water partition coefficient (Wildman–Crippen LogP) is 16.0. The number of ether oxygens (including phenoxy) is 3. The van der Waals surface area contributed by atoms with Crippen molar-refractivity contribution in [2.75, 3.05) is 13.2 Å². The zero-order chi connectivity index (χ0) is 41.5. The van der Waals surface area contributed by atoms with Crippen LogP contribution in [0, 0.1) is 0 Å². The number of rotatable bonds is 45. The van der Waals surface area contributed by atoms with Gasteiger partial charge in [-0.15, -0.1) is 0 Å². The lowest BCUT2D eigenvalue weighted by Crippen LogP contribution is -2.30. The van der Waals surface area contributed by atoms with Gasteiger partial charge in [-0.05, 0) is 51.4 Å². The molecule has 0 saturated heterocycles. The highest BCUT2D eigenvalue weighted by Crippen LogP contribution is 2.15.